The first-order valence-corrected chi connectivity index (χ1v) is 16.0. The summed E-state index contributed by atoms with van der Waals surface area (Å²) in [5.41, 5.74) is 4.63. The van der Waals surface area contributed by atoms with Crippen LogP contribution < -0.4 is 19.7 Å². The molecule has 1 aromatic carbocycles. The molecule has 0 saturated heterocycles. The van der Waals surface area contributed by atoms with Crippen LogP contribution in [0.15, 0.2) is 34.5 Å². The van der Waals surface area contributed by atoms with Crippen molar-refractivity contribution in [1.82, 2.24) is 9.88 Å². The number of carbonyl (C=O) groups excluding carboxylic acids is 1. The quantitative estimate of drug-likeness (QED) is 0.537. The summed E-state index contributed by atoms with van der Waals surface area (Å²) in [4.78, 5) is 30.8. The lowest BCUT2D eigenvalue weighted by molar-refractivity contribution is -0.112. The highest BCUT2D eigenvalue weighted by Crippen LogP contribution is 2.48. The topological polar surface area (TPSA) is 96.1 Å². The number of para-hydroxylation sites is 1. The molecule has 0 amide bonds. The molecular formula is C30H36N6O2S2. The molecule has 0 spiro atoms. The molecule has 4 heterocycles. The second-order valence-corrected chi connectivity index (χ2v) is 12.4. The summed E-state index contributed by atoms with van der Waals surface area (Å²) in [5, 5.41) is 22.4. The van der Waals surface area contributed by atoms with Gasteiger partial charge in [0.1, 0.15) is 11.1 Å². The van der Waals surface area contributed by atoms with Crippen LogP contribution in [0.1, 0.15) is 57.6 Å². The molecule has 10 heteroatoms. The fourth-order valence-electron chi connectivity index (χ4n) is 6.33. The zero-order valence-corrected chi connectivity index (χ0v) is 25.2. The van der Waals surface area contributed by atoms with Crippen molar-refractivity contribution in [3.05, 3.63) is 50.5 Å². The van der Waals surface area contributed by atoms with Crippen LogP contribution in [0.3, 0.4) is 0 Å². The van der Waals surface area contributed by atoms with Crippen LogP contribution in [0.5, 0.6) is 0 Å². The van der Waals surface area contributed by atoms with Gasteiger partial charge in [0.15, 0.2) is 21.9 Å². The number of Topliss-reactive ketones (excluding diaryl/α,β-unsaturated/α-hetero) is 1. The molecule has 1 atom stereocenters. The van der Waals surface area contributed by atoms with E-state index in [0.717, 1.165) is 74.4 Å². The number of aromatic nitrogens is 1. The Labute approximate surface area is 243 Å². The van der Waals surface area contributed by atoms with Crippen molar-refractivity contribution in [2.75, 3.05) is 49.1 Å². The highest BCUT2D eigenvalue weighted by atomic mass is 32.2. The lowest BCUT2D eigenvalue weighted by Gasteiger charge is -2.41. The van der Waals surface area contributed by atoms with Crippen LogP contribution in [0.25, 0.3) is 10.5 Å². The van der Waals surface area contributed by atoms with Crippen molar-refractivity contribution in [3.8, 4) is 0 Å². The van der Waals surface area contributed by atoms with Crippen molar-refractivity contribution in [2.24, 2.45) is 4.99 Å². The van der Waals surface area contributed by atoms with E-state index in [9.17, 15) is 9.90 Å². The fourth-order valence-corrected chi connectivity index (χ4v) is 8.73. The smallest absolute Gasteiger partial charge is 0.198 e. The van der Waals surface area contributed by atoms with Crippen molar-refractivity contribution < 1.29 is 9.90 Å². The van der Waals surface area contributed by atoms with Gasteiger partial charge in [-0.25, -0.2) is 9.98 Å². The Morgan fingerprint density at radius 1 is 1.10 bits per heavy atom. The van der Waals surface area contributed by atoms with Gasteiger partial charge in [-0.15, -0.1) is 0 Å². The molecule has 8 nitrogen and oxygen atoms in total. The molecule has 210 valence electrons. The Morgan fingerprint density at radius 3 is 2.55 bits per heavy atom. The SMILES string of the molecule is CCN(CC)C1=NC(=N)/C(=c2\nc(N(CC)CC)s\c2=C2\C(=O)C(C3CCN4CCCc5cccc3c54)=C2O)S1. The van der Waals surface area contributed by atoms with Crippen molar-refractivity contribution in [3.63, 3.8) is 0 Å². The molecule has 1 aliphatic carbocycles. The van der Waals surface area contributed by atoms with Crippen LogP contribution in [0, 0.1) is 5.41 Å². The second-order valence-electron chi connectivity index (χ2n) is 10.4. The zero-order valence-electron chi connectivity index (χ0n) is 23.6. The van der Waals surface area contributed by atoms with Gasteiger partial charge in [0.2, 0.25) is 0 Å². The fraction of sp³-hybridized carbons (Fsp3) is 0.467. The molecule has 0 saturated carbocycles. The number of allylic oxidation sites excluding steroid dienone is 2. The summed E-state index contributed by atoms with van der Waals surface area (Å²) in [5.74, 6) is 0.0423. The summed E-state index contributed by atoms with van der Waals surface area (Å²) in [6, 6.07) is 6.41. The van der Waals surface area contributed by atoms with Crippen molar-refractivity contribution in [1.29, 1.82) is 5.41 Å². The van der Waals surface area contributed by atoms with E-state index < -0.39 is 0 Å². The third-order valence-electron chi connectivity index (χ3n) is 8.46. The monoisotopic (exact) mass is 576 g/mol. The number of amidine groups is 2. The number of anilines is 2. The Kier molecular flexibility index (Phi) is 7.25. The second kappa shape index (κ2) is 10.7. The number of nitrogens with zero attached hydrogens (tertiary/aromatic N) is 5. The average Bonchev–Trinajstić information content (AvgIpc) is 3.55. The standard InChI is InChI=1S/C30H36N6O2S2/c1-5-34(6-2)29-32-22(27-28(31)33-30(40-27)35(7-3)8-4)26(39-29)21-24(37)20(25(21)38)18-14-16-36-15-10-12-17-11-9-13-19(18)23(17)36/h9,11,13,18,31,37H,5-8,10,12,14-16H2,1-4H3/b26-21+,27-22+,31-28?. The predicted octanol–water partition coefficient (Wildman–Crippen LogP) is 4.00. The first kappa shape index (κ1) is 27.1. The van der Waals surface area contributed by atoms with Gasteiger partial charge in [0, 0.05) is 50.9 Å². The van der Waals surface area contributed by atoms with Gasteiger partial charge < -0.3 is 19.8 Å². The van der Waals surface area contributed by atoms with E-state index in [1.807, 2.05) is 0 Å². The Morgan fingerprint density at radius 2 is 1.85 bits per heavy atom. The number of thioether (sulfide) groups is 1. The number of rotatable bonds is 6. The number of hydrogen-bond donors (Lipinski definition) is 2. The van der Waals surface area contributed by atoms with E-state index in [2.05, 4.69) is 65.6 Å². The van der Waals surface area contributed by atoms with E-state index >= 15 is 0 Å². The Bertz CT molecular complexity index is 1580. The van der Waals surface area contributed by atoms with Crippen molar-refractivity contribution in [2.45, 2.75) is 52.9 Å². The van der Waals surface area contributed by atoms with Crippen LogP contribution in [-0.2, 0) is 11.2 Å². The third kappa shape index (κ3) is 4.18. The van der Waals surface area contributed by atoms with E-state index in [-0.39, 0.29) is 23.3 Å². The Balaban J connectivity index is 1.51. The highest BCUT2D eigenvalue weighted by molar-refractivity contribution is 8.23. The van der Waals surface area contributed by atoms with Gasteiger partial charge in [-0.1, -0.05) is 29.5 Å². The minimum atomic E-state index is -0.108. The number of carbonyl (C=O) groups is 1. The van der Waals surface area contributed by atoms with Crippen LogP contribution in [0.4, 0.5) is 10.8 Å². The molecule has 6 rings (SSSR count). The molecule has 2 N–H and O–H groups in total. The lowest BCUT2D eigenvalue weighted by atomic mass is 9.73. The number of aliphatic hydroxyl groups excluding tert-OH is 1. The number of ketones is 1. The van der Waals surface area contributed by atoms with Gasteiger partial charge >= 0.3 is 0 Å². The van der Waals surface area contributed by atoms with Gasteiger partial charge in [-0.05, 0) is 69.8 Å². The third-order valence-corrected chi connectivity index (χ3v) is 10.7. The molecular weight excluding hydrogens is 541 g/mol. The van der Waals surface area contributed by atoms with E-state index in [1.54, 1.807) is 0 Å². The zero-order chi connectivity index (χ0) is 28.1. The number of benzene rings is 1. The molecule has 0 bridgehead atoms. The first-order chi connectivity index (χ1) is 19.4. The van der Waals surface area contributed by atoms with Gasteiger partial charge in [-0.3, -0.25) is 10.2 Å². The molecule has 1 aromatic heterocycles. The molecule has 40 heavy (non-hydrogen) atoms. The van der Waals surface area contributed by atoms with Crippen LogP contribution in [0.2, 0.25) is 0 Å². The summed E-state index contributed by atoms with van der Waals surface area (Å²) in [7, 11) is 0. The predicted molar refractivity (Wildman–Crippen MR) is 166 cm³/mol. The minimum Gasteiger partial charge on any atom is -0.507 e. The maximum atomic E-state index is 14.0. The number of nitrogens with one attached hydrogen (secondary N) is 1. The maximum absolute atomic E-state index is 14.0. The van der Waals surface area contributed by atoms with Gasteiger partial charge in [-0.2, -0.15) is 0 Å². The molecule has 3 aliphatic heterocycles. The molecule has 0 fully saturated rings. The number of aliphatic hydroxyl groups is 1. The molecule has 1 unspecified atom stereocenters. The summed E-state index contributed by atoms with van der Waals surface area (Å²) in [6.07, 6.45) is 3.02. The van der Waals surface area contributed by atoms with Crippen LogP contribution in [-0.4, -0.2) is 71.0 Å². The number of aliphatic imine (C=N–C) groups is 1. The summed E-state index contributed by atoms with van der Waals surface area (Å²) >= 11 is 2.86. The maximum Gasteiger partial charge on any atom is 0.198 e. The molecule has 4 aliphatic rings. The summed E-state index contributed by atoms with van der Waals surface area (Å²) in [6.45, 7) is 13.4. The number of hydrogen-bond acceptors (Lipinski definition) is 9. The average molecular weight is 577 g/mol. The van der Waals surface area contributed by atoms with Crippen molar-refractivity contribution >= 4 is 61.2 Å². The highest BCUT2D eigenvalue weighted by Gasteiger charge is 2.43. The summed E-state index contributed by atoms with van der Waals surface area (Å²) < 4.78 is 0.643. The Hall–Kier alpha value is -3.11. The van der Waals surface area contributed by atoms with E-state index in [1.165, 1.54) is 34.3 Å². The van der Waals surface area contributed by atoms with Gasteiger partial charge in [0.05, 0.1) is 20.6 Å². The van der Waals surface area contributed by atoms with Crippen LogP contribution >= 0.6 is 23.1 Å². The molecule has 2 aromatic rings. The first-order valence-electron chi connectivity index (χ1n) is 14.4. The number of aryl methyl sites for hydroxylation is 1. The lowest BCUT2D eigenvalue weighted by Crippen LogP contribution is -2.40. The van der Waals surface area contributed by atoms with E-state index in [0.29, 0.717) is 25.9 Å². The molecule has 0 radical (unpaired) electrons. The largest absolute Gasteiger partial charge is 0.507 e. The van der Waals surface area contributed by atoms with E-state index in [4.69, 9.17) is 10.4 Å². The minimum absolute atomic E-state index is 0.0906. The number of thiazole rings is 1. The normalized spacial score (nSPS) is 22.9. The van der Waals surface area contributed by atoms with Gasteiger partial charge in [0.25, 0.3) is 0 Å².